The summed E-state index contributed by atoms with van der Waals surface area (Å²) < 4.78 is 20.3. The first-order valence-electron chi connectivity index (χ1n) is 6.67. The van der Waals surface area contributed by atoms with Gasteiger partial charge in [-0.1, -0.05) is 18.2 Å². The van der Waals surface area contributed by atoms with Gasteiger partial charge in [0.15, 0.2) is 0 Å². The molecule has 0 amide bonds. The van der Waals surface area contributed by atoms with Crippen molar-refractivity contribution in [2.45, 2.75) is 13.8 Å². The van der Waals surface area contributed by atoms with Gasteiger partial charge in [-0.3, -0.25) is 0 Å². The molecule has 0 fully saturated rings. The fourth-order valence-electron chi connectivity index (χ4n) is 1.18. The van der Waals surface area contributed by atoms with Gasteiger partial charge >= 0.3 is 0 Å². The molecule has 0 saturated heterocycles. The van der Waals surface area contributed by atoms with Crippen molar-refractivity contribution in [1.82, 2.24) is 0 Å². The predicted octanol–water partition coefficient (Wildman–Crippen LogP) is 2.77. The molecule has 0 aliphatic heterocycles. The average molecular weight is 270 g/mol. The number of benzene rings is 1. The molecule has 0 unspecified atom stereocenters. The minimum atomic E-state index is 0.668. The van der Waals surface area contributed by atoms with Crippen molar-refractivity contribution < 1.29 is 18.9 Å². The third kappa shape index (κ3) is 13.1. The largest absolute Gasteiger partial charge is 0.497 e. The third-order valence-electron chi connectivity index (χ3n) is 2.13. The van der Waals surface area contributed by atoms with Gasteiger partial charge in [-0.2, -0.15) is 0 Å². The van der Waals surface area contributed by atoms with Crippen LogP contribution in [0.15, 0.2) is 30.3 Å². The van der Waals surface area contributed by atoms with Crippen LogP contribution in [0.4, 0.5) is 0 Å². The van der Waals surface area contributed by atoms with E-state index in [4.69, 9.17) is 18.9 Å². The molecule has 0 atom stereocenters. The van der Waals surface area contributed by atoms with Crippen LogP contribution in [0.25, 0.3) is 0 Å². The highest BCUT2D eigenvalue weighted by atomic mass is 16.5. The van der Waals surface area contributed by atoms with E-state index >= 15 is 0 Å². The summed E-state index contributed by atoms with van der Waals surface area (Å²) in [6, 6.07) is 9.68. The summed E-state index contributed by atoms with van der Waals surface area (Å²) in [4.78, 5) is 0. The molecule has 4 heteroatoms. The second-order valence-electron chi connectivity index (χ2n) is 3.52. The fraction of sp³-hybridized carbons (Fsp3) is 0.600. The van der Waals surface area contributed by atoms with Gasteiger partial charge in [0.2, 0.25) is 0 Å². The summed E-state index contributed by atoms with van der Waals surface area (Å²) in [5.74, 6) is 0.910. The summed E-state index contributed by atoms with van der Waals surface area (Å²) in [5.41, 5.74) is 0. The zero-order chi connectivity index (χ0) is 14.2. The summed E-state index contributed by atoms with van der Waals surface area (Å²) >= 11 is 0. The van der Waals surface area contributed by atoms with Crippen LogP contribution in [-0.2, 0) is 14.2 Å². The maximum atomic E-state index is 5.19. The van der Waals surface area contributed by atoms with Gasteiger partial charge in [0.1, 0.15) is 5.75 Å². The van der Waals surface area contributed by atoms with Crippen molar-refractivity contribution in [3.63, 3.8) is 0 Å². The first-order valence-corrected chi connectivity index (χ1v) is 6.67. The van der Waals surface area contributed by atoms with Crippen LogP contribution in [0.2, 0.25) is 0 Å². The van der Waals surface area contributed by atoms with Crippen LogP contribution in [-0.4, -0.2) is 46.8 Å². The smallest absolute Gasteiger partial charge is 0.118 e. The van der Waals surface area contributed by atoms with E-state index in [1.807, 2.05) is 44.2 Å². The fourth-order valence-corrected chi connectivity index (χ4v) is 1.18. The Kier molecular flexibility index (Phi) is 14.1. The molecule has 0 N–H and O–H groups in total. The Labute approximate surface area is 116 Å². The molecule has 0 aliphatic rings. The predicted molar refractivity (Wildman–Crippen MR) is 76.8 cm³/mol. The Morgan fingerprint density at radius 3 is 1.58 bits per heavy atom. The Balaban J connectivity index is 0.000000356. The molecule has 0 aliphatic carbocycles. The summed E-state index contributed by atoms with van der Waals surface area (Å²) in [6.07, 6.45) is 0. The molecule has 1 aromatic carbocycles. The summed E-state index contributed by atoms with van der Waals surface area (Å²) in [5, 5.41) is 0. The lowest BCUT2D eigenvalue weighted by Gasteiger charge is -2.03. The maximum Gasteiger partial charge on any atom is 0.118 e. The molecular formula is C15H26O4. The quantitative estimate of drug-likeness (QED) is 0.647. The Bertz CT molecular complexity index is 256. The van der Waals surface area contributed by atoms with Crippen molar-refractivity contribution in [3.05, 3.63) is 30.3 Å². The summed E-state index contributed by atoms with van der Waals surface area (Å²) in [7, 11) is 1.66. The monoisotopic (exact) mass is 270 g/mol. The molecule has 0 heterocycles. The van der Waals surface area contributed by atoms with Crippen molar-refractivity contribution >= 4 is 0 Å². The first kappa shape index (κ1) is 17.9. The molecule has 0 radical (unpaired) electrons. The Hall–Kier alpha value is -1.10. The van der Waals surface area contributed by atoms with Crippen molar-refractivity contribution in [1.29, 1.82) is 0 Å². The Morgan fingerprint density at radius 2 is 1.21 bits per heavy atom. The highest BCUT2D eigenvalue weighted by Gasteiger charge is 1.87. The van der Waals surface area contributed by atoms with Gasteiger partial charge in [-0.15, -0.1) is 0 Å². The van der Waals surface area contributed by atoms with E-state index < -0.39 is 0 Å². The third-order valence-corrected chi connectivity index (χ3v) is 2.13. The number of rotatable bonds is 9. The number of para-hydroxylation sites is 1. The summed E-state index contributed by atoms with van der Waals surface area (Å²) in [6.45, 7) is 8.16. The van der Waals surface area contributed by atoms with Gasteiger partial charge < -0.3 is 18.9 Å². The lowest BCUT2D eigenvalue weighted by Crippen LogP contribution is -2.08. The second-order valence-corrected chi connectivity index (χ2v) is 3.52. The van der Waals surface area contributed by atoms with Crippen LogP contribution in [0.5, 0.6) is 5.75 Å². The Morgan fingerprint density at radius 1 is 0.737 bits per heavy atom. The molecule has 4 nitrogen and oxygen atoms in total. The van der Waals surface area contributed by atoms with Crippen molar-refractivity contribution in [3.8, 4) is 5.75 Å². The number of hydrogen-bond donors (Lipinski definition) is 0. The van der Waals surface area contributed by atoms with E-state index in [-0.39, 0.29) is 0 Å². The van der Waals surface area contributed by atoms with Crippen molar-refractivity contribution in [2.75, 3.05) is 46.8 Å². The van der Waals surface area contributed by atoms with E-state index in [0.717, 1.165) is 19.0 Å². The zero-order valence-corrected chi connectivity index (χ0v) is 12.3. The van der Waals surface area contributed by atoms with Crippen LogP contribution < -0.4 is 4.74 Å². The molecule has 0 saturated carbocycles. The van der Waals surface area contributed by atoms with Gasteiger partial charge in [0.25, 0.3) is 0 Å². The van der Waals surface area contributed by atoms with E-state index in [1.54, 1.807) is 7.11 Å². The minimum absolute atomic E-state index is 0.668. The highest BCUT2D eigenvalue weighted by molar-refractivity contribution is 5.20. The van der Waals surface area contributed by atoms with Crippen LogP contribution in [0, 0.1) is 0 Å². The minimum Gasteiger partial charge on any atom is -0.497 e. The number of methoxy groups -OCH3 is 1. The maximum absolute atomic E-state index is 5.19. The number of hydrogen-bond acceptors (Lipinski definition) is 4. The van der Waals surface area contributed by atoms with E-state index in [2.05, 4.69) is 0 Å². The molecule has 19 heavy (non-hydrogen) atoms. The topological polar surface area (TPSA) is 36.9 Å². The van der Waals surface area contributed by atoms with E-state index in [0.29, 0.717) is 26.4 Å². The lowest BCUT2D eigenvalue weighted by atomic mass is 10.3. The SMILES string of the molecule is CCOCCOCCOCC.COc1ccccc1. The second kappa shape index (κ2) is 15.0. The van der Waals surface area contributed by atoms with E-state index in [9.17, 15) is 0 Å². The molecule has 0 aromatic heterocycles. The molecule has 0 bridgehead atoms. The van der Waals surface area contributed by atoms with Crippen LogP contribution >= 0.6 is 0 Å². The van der Waals surface area contributed by atoms with Gasteiger partial charge in [-0.05, 0) is 26.0 Å². The number of ether oxygens (including phenoxy) is 4. The van der Waals surface area contributed by atoms with Crippen LogP contribution in [0.3, 0.4) is 0 Å². The lowest BCUT2D eigenvalue weighted by molar-refractivity contribution is 0.0195. The molecular weight excluding hydrogens is 244 g/mol. The van der Waals surface area contributed by atoms with Gasteiger partial charge in [0.05, 0.1) is 33.5 Å². The van der Waals surface area contributed by atoms with E-state index in [1.165, 1.54) is 0 Å². The molecule has 1 rings (SSSR count). The van der Waals surface area contributed by atoms with Crippen LogP contribution in [0.1, 0.15) is 13.8 Å². The zero-order valence-electron chi connectivity index (χ0n) is 12.3. The van der Waals surface area contributed by atoms with Gasteiger partial charge in [0, 0.05) is 13.2 Å². The van der Waals surface area contributed by atoms with Crippen molar-refractivity contribution in [2.24, 2.45) is 0 Å². The molecule has 110 valence electrons. The first-order chi connectivity index (χ1) is 9.35. The molecule has 0 spiro atoms. The standard InChI is InChI=1S/C8H18O3.C7H8O/c1-3-9-5-7-11-8-6-10-4-2;1-8-7-5-3-2-4-6-7/h3-8H2,1-2H3;2-6H,1H3. The molecule has 1 aromatic rings. The normalized spacial score (nSPS) is 9.63. The average Bonchev–Trinajstić information content (AvgIpc) is 2.48. The van der Waals surface area contributed by atoms with Gasteiger partial charge in [-0.25, -0.2) is 0 Å². The highest BCUT2D eigenvalue weighted by Crippen LogP contribution is 2.05.